The summed E-state index contributed by atoms with van der Waals surface area (Å²) in [5.74, 6) is -0.366. The van der Waals surface area contributed by atoms with Gasteiger partial charge in [0, 0.05) is 0 Å². The van der Waals surface area contributed by atoms with Crippen LogP contribution in [-0.4, -0.2) is 28.7 Å². The number of carbonyl (C=O) groups is 2. The van der Waals surface area contributed by atoms with Crippen molar-refractivity contribution in [2.24, 2.45) is 0 Å². The maximum atomic E-state index is 12.1. The Morgan fingerprint density at radius 3 is 2.30 bits per heavy atom. The first-order chi connectivity index (χ1) is 9.54. The third-order valence-corrected chi connectivity index (χ3v) is 3.42. The summed E-state index contributed by atoms with van der Waals surface area (Å²) in [6, 6.07) is 14.5. The van der Waals surface area contributed by atoms with Crippen LogP contribution in [0, 0.1) is 0 Å². The molecule has 1 atom stereocenters. The summed E-state index contributed by atoms with van der Waals surface area (Å²) >= 11 is 1.54. The molecule has 2 amide bonds. The minimum atomic E-state index is -0.202. The van der Waals surface area contributed by atoms with Crippen molar-refractivity contribution in [1.82, 2.24) is 0 Å². The molecule has 2 aromatic rings. The van der Waals surface area contributed by atoms with Gasteiger partial charge in [0.15, 0.2) is 0 Å². The molecule has 2 N–H and O–H groups in total. The topological polar surface area (TPSA) is 58.2 Å². The molecule has 0 saturated carbocycles. The third-order valence-electron chi connectivity index (χ3n) is 2.61. The molecule has 0 aromatic heterocycles. The van der Waals surface area contributed by atoms with Gasteiger partial charge in [0.1, 0.15) is 0 Å². The van der Waals surface area contributed by atoms with Crippen LogP contribution in [0.2, 0.25) is 0 Å². The molecule has 4 nitrogen and oxygen atoms in total. The van der Waals surface area contributed by atoms with Crippen molar-refractivity contribution in [2.75, 3.05) is 10.6 Å². The summed E-state index contributed by atoms with van der Waals surface area (Å²) in [5.41, 5.74) is 1.86. The summed E-state index contributed by atoms with van der Waals surface area (Å²) < 4.78 is 1.20. The van der Waals surface area contributed by atoms with Crippen LogP contribution in [0.25, 0.3) is 0 Å². The summed E-state index contributed by atoms with van der Waals surface area (Å²) in [6.45, 7) is 1.43. The number of benzene rings is 2. The van der Waals surface area contributed by atoms with Crippen LogP contribution in [-0.2, 0) is 4.79 Å². The Morgan fingerprint density at radius 1 is 0.950 bits per heavy atom. The molecule has 2 aromatic carbocycles. The molecule has 1 unspecified atom stereocenters. The molecule has 0 fully saturated rings. The van der Waals surface area contributed by atoms with Crippen LogP contribution in [0.1, 0.15) is 17.3 Å². The molecule has 0 saturated heterocycles. The van der Waals surface area contributed by atoms with Gasteiger partial charge in [-0.3, -0.25) is 0 Å². The van der Waals surface area contributed by atoms with Gasteiger partial charge in [-0.2, -0.15) is 0 Å². The molecule has 20 heavy (non-hydrogen) atoms. The van der Waals surface area contributed by atoms with Crippen molar-refractivity contribution >= 4 is 44.4 Å². The summed E-state index contributed by atoms with van der Waals surface area (Å²) in [4.78, 5) is 23.1. The molecule has 0 spiro atoms. The summed E-state index contributed by atoms with van der Waals surface area (Å²) in [7, 11) is 0. The molecule has 0 aliphatic carbocycles. The molecule has 0 heterocycles. The number of hydrogen-bond acceptors (Lipinski definition) is 2. The van der Waals surface area contributed by atoms with Gasteiger partial charge in [0.05, 0.1) is 0 Å². The van der Waals surface area contributed by atoms with Gasteiger partial charge < -0.3 is 0 Å². The zero-order valence-corrected chi connectivity index (χ0v) is 13.4. The Kier molecular flexibility index (Phi) is 4.59. The van der Waals surface area contributed by atoms with E-state index in [9.17, 15) is 9.59 Å². The van der Waals surface area contributed by atoms with Gasteiger partial charge in [-0.25, -0.2) is 0 Å². The van der Waals surface area contributed by atoms with Crippen molar-refractivity contribution in [3.8, 4) is 0 Å². The van der Waals surface area contributed by atoms with Crippen molar-refractivity contribution in [1.29, 1.82) is 0 Å². The number of nitrogens with one attached hydrogen (secondary N) is 2. The summed E-state index contributed by atoms with van der Waals surface area (Å²) in [5, 5.41) is 5.48. The standard InChI is InChI=1S/C15H15AsN2O2/c1-10(19)17-14-4-2-3-11(9-14)15(20)18-13-7-5-12(16)6-8-13/h2-9H,16H2,1H3,(H,17,19)(H,18,20). The molecule has 0 aliphatic heterocycles. The second-order valence-corrected chi connectivity index (χ2v) is 5.74. The van der Waals surface area contributed by atoms with E-state index in [4.69, 9.17) is 0 Å². The molecular formula is C15H15AsN2O2. The maximum absolute atomic E-state index is 12.1. The van der Waals surface area contributed by atoms with Gasteiger partial charge in [0.25, 0.3) is 0 Å². The fourth-order valence-electron chi connectivity index (χ4n) is 1.71. The predicted octanol–water partition coefficient (Wildman–Crippen LogP) is 1.16. The Labute approximate surface area is 126 Å². The first kappa shape index (κ1) is 14.3. The van der Waals surface area contributed by atoms with E-state index in [1.165, 1.54) is 28.1 Å². The second-order valence-electron chi connectivity index (χ2n) is 4.34. The predicted molar refractivity (Wildman–Crippen MR) is 83.3 cm³/mol. The molecule has 2 rings (SSSR count). The van der Waals surface area contributed by atoms with Gasteiger partial charge in [-0.05, 0) is 0 Å². The van der Waals surface area contributed by atoms with E-state index in [2.05, 4.69) is 10.6 Å². The van der Waals surface area contributed by atoms with Gasteiger partial charge in [0.2, 0.25) is 0 Å². The van der Waals surface area contributed by atoms with Crippen LogP contribution >= 0.6 is 0 Å². The van der Waals surface area contributed by atoms with E-state index >= 15 is 0 Å². The normalized spacial score (nSPS) is 9.90. The van der Waals surface area contributed by atoms with E-state index < -0.39 is 0 Å². The Morgan fingerprint density at radius 2 is 1.65 bits per heavy atom. The van der Waals surface area contributed by atoms with Crippen molar-refractivity contribution in [2.45, 2.75) is 6.92 Å². The third kappa shape index (κ3) is 3.97. The zero-order chi connectivity index (χ0) is 14.5. The van der Waals surface area contributed by atoms with Crippen molar-refractivity contribution < 1.29 is 9.59 Å². The average Bonchev–Trinajstić information content (AvgIpc) is 2.41. The van der Waals surface area contributed by atoms with E-state index in [-0.39, 0.29) is 11.8 Å². The number of anilines is 2. The number of amides is 2. The van der Waals surface area contributed by atoms with Crippen LogP contribution in [0.15, 0.2) is 48.5 Å². The van der Waals surface area contributed by atoms with Crippen LogP contribution in [0.3, 0.4) is 0 Å². The number of carbonyl (C=O) groups excluding carboxylic acids is 2. The van der Waals surface area contributed by atoms with E-state index in [1.54, 1.807) is 24.3 Å². The molecule has 0 bridgehead atoms. The zero-order valence-electron chi connectivity index (χ0n) is 11.0. The van der Waals surface area contributed by atoms with E-state index in [0.29, 0.717) is 11.3 Å². The SMILES string of the molecule is CC(=O)Nc1cccc(C(=O)Nc2ccc([AsH2])cc2)c1. The van der Waals surface area contributed by atoms with E-state index in [1.807, 2.05) is 24.3 Å². The summed E-state index contributed by atoms with van der Waals surface area (Å²) in [6.07, 6.45) is 0. The van der Waals surface area contributed by atoms with Crippen molar-refractivity contribution in [3.05, 3.63) is 54.1 Å². The molecule has 0 aliphatic rings. The monoisotopic (exact) mass is 330 g/mol. The van der Waals surface area contributed by atoms with Crippen LogP contribution in [0.4, 0.5) is 11.4 Å². The Bertz CT molecular complexity index is 639. The van der Waals surface area contributed by atoms with Crippen LogP contribution in [0.5, 0.6) is 0 Å². The van der Waals surface area contributed by atoms with Gasteiger partial charge in [-0.15, -0.1) is 0 Å². The Balaban J connectivity index is 2.12. The molecular weight excluding hydrogens is 315 g/mol. The Hall–Kier alpha value is -2.06. The second kappa shape index (κ2) is 6.40. The van der Waals surface area contributed by atoms with E-state index in [0.717, 1.165) is 5.69 Å². The molecule has 0 radical (unpaired) electrons. The fourth-order valence-corrected chi connectivity index (χ4v) is 2.11. The molecule has 102 valence electrons. The number of hydrogen-bond donors (Lipinski definition) is 2. The number of rotatable bonds is 3. The fraction of sp³-hybridized carbons (Fsp3) is 0.0667. The minimum absolute atomic E-state index is 0.164. The molecule has 5 heteroatoms. The van der Waals surface area contributed by atoms with Crippen LogP contribution < -0.4 is 15.0 Å². The van der Waals surface area contributed by atoms with Gasteiger partial charge >= 0.3 is 126 Å². The average molecular weight is 330 g/mol. The van der Waals surface area contributed by atoms with Gasteiger partial charge in [-0.1, -0.05) is 0 Å². The first-order valence-corrected chi connectivity index (χ1v) is 7.30. The quantitative estimate of drug-likeness (QED) is 0.830. The first-order valence-electron chi connectivity index (χ1n) is 6.09. The van der Waals surface area contributed by atoms with Crippen molar-refractivity contribution in [3.63, 3.8) is 0 Å².